The lowest BCUT2D eigenvalue weighted by molar-refractivity contribution is -0.131. The number of anilines is 1. The molecule has 5 heteroatoms. The highest BCUT2D eigenvalue weighted by Crippen LogP contribution is 2.28. The van der Waals surface area contributed by atoms with Crippen molar-refractivity contribution in [3.63, 3.8) is 0 Å². The predicted molar refractivity (Wildman–Crippen MR) is 89.1 cm³/mol. The van der Waals surface area contributed by atoms with Crippen LogP contribution in [0.4, 0.5) is 5.69 Å². The lowest BCUT2D eigenvalue weighted by atomic mass is 10.1. The number of aromatic nitrogens is 2. The molecule has 1 unspecified atom stereocenters. The summed E-state index contributed by atoms with van der Waals surface area (Å²) in [7, 11) is 0. The second-order valence-corrected chi connectivity index (χ2v) is 5.91. The van der Waals surface area contributed by atoms with Crippen LogP contribution in [0.1, 0.15) is 44.3 Å². The van der Waals surface area contributed by atoms with E-state index in [1.807, 2.05) is 43.5 Å². The van der Waals surface area contributed by atoms with Crippen LogP contribution in [0, 0.1) is 0 Å². The number of hydrogen-bond donors (Lipinski definition) is 1. The summed E-state index contributed by atoms with van der Waals surface area (Å²) in [5, 5.41) is 7.11. The Balaban J connectivity index is 1.74. The molecule has 1 saturated carbocycles. The van der Waals surface area contributed by atoms with Crippen molar-refractivity contribution in [1.29, 1.82) is 0 Å². The average Bonchev–Trinajstić information content (AvgIpc) is 3.24. The zero-order valence-corrected chi connectivity index (χ0v) is 13.4. The van der Waals surface area contributed by atoms with Gasteiger partial charge in [0.05, 0.1) is 18.0 Å². The minimum atomic E-state index is -0.579. The maximum atomic E-state index is 12.7. The predicted octanol–water partition coefficient (Wildman–Crippen LogP) is 3.54. The Bertz CT molecular complexity index is 633. The lowest BCUT2D eigenvalue weighted by Gasteiger charge is -2.21. The third kappa shape index (κ3) is 3.99. The van der Waals surface area contributed by atoms with Crippen molar-refractivity contribution >= 4 is 11.6 Å². The molecule has 1 N–H and O–H groups in total. The van der Waals surface area contributed by atoms with E-state index in [2.05, 4.69) is 10.4 Å². The van der Waals surface area contributed by atoms with E-state index >= 15 is 0 Å². The fourth-order valence-corrected chi connectivity index (χ4v) is 2.95. The third-order valence-electron chi connectivity index (χ3n) is 4.20. The van der Waals surface area contributed by atoms with E-state index in [0.29, 0.717) is 5.69 Å². The van der Waals surface area contributed by atoms with Gasteiger partial charge in [0.1, 0.15) is 0 Å². The molecule has 0 aliphatic heterocycles. The molecule has 1 atom stereocenters. The summed E-state index contributed by atoms with van der Waals surface area (Å²) < 4.78 is 7.91. The molecule has 122 valence electrons. The van der Waals surface area contributed by atoms with Gasteiger partial charge in [0.15, 0.2) is 6.10 Å². The molecule has 1 aliphatic rings. The maximum Gasteiger partial charge on any atom is 0.258 e. The third-order valence-corrected chi connectivity index (χ3v) is 4.20. The van der Waals surface area contributed by atoms with Gasteiger partial charge in [-0.05, 0) is 25.3 Å². The molecule has 0 spiro atoms. The number of rotatable bonds is 6. The summed E-state index contributed by atoms with van der Waals surface area (Å²) in [5.74, 6) is -0.140. The molecule has 0 saturated heterocycles. The number of ether oxygens (including phenoxy) is 1. The summed E-state index contributed by atoms with van der Waals surface area (Å²) in [6.45, 7) is 2.78. The molecular weight excluding hydrogens is 290 g/mol. The first kappa shape index (κ1) is 15.7. The quantitative estimate of drug-likeness (QED) is 0.887. The highest BCUT2D eigenvalue weighted by Gasteiger charge is 2.27. The van der Waals surface area contributed by atoms with Gasteiger partial charge in [0, 0.05) is 12.7 Å². The van der Waals surface area contributed by atoms with Crippen molar-refractivity contribution in [2.45, 2.75) is 51.4 Å². The highest BCUT2D eigenvalue weighted by atomic mass is 16.5. The molecule has 1 fully saturated rings. The molecule has 1 aromatic carbocycles. The minimum absolute atomic E-state index is 0.140. The summed E-state index contributed by atoms with van der Waals surface area (Å²) in [4.78, 5) is 12.7. The van der Waals surface area contributed by atoms with Gasteiger partial charge >= 0.3 is 0 Å². The summed E-state index contributed by atoms with van der Waals surface area (Å²) >= 11 is 0. The van der Waals surface area contributed by atoms with Gasteiger partial charge in [-0.25, -0.2) is 0 Å². The van der Waals surface area contributed by atoms with Crippen LogP contribution in [0.15, 0.2) is 42.7 Å². The number of aryl methyl sites for hydroxylation is 1. The van der Waals surface area contributed by atoms with Crippen molar-refractivity contribution in [1.82, 2.24) is 9.78 Å². The molecule has 1 heterocycles. The number of nitrogens with one attached hydrogen (secondary N) is 1. The van der Waals surface area contributed by atoms with E-state index in [-0.39, 0.29) is 12.0 Å². The molecule has 1 amide bonds. The Morgan fingerprint density at radius 3 is 2.74 bits per heavy atom. The number of carbonyl (C=O) groups is 1. The molecule has 2 aromatic rings. The summed E-state index contributed by atoms with van der Waals surface area (Å²) in [5.41, 5.74) is 1.59. The number of amides is 1. The van der Waals surface area contributed by atoms with Crippen LogP contribution in [-0.2, 0) is 16.1 Å². The monoisotopic (exact) mass is 313 g/mol. The van der Waals surface area contributed by atoms with Crippen molar-refractivity contribution in [3.05, 3.63) is 48.3 Å². The second kappa shape index (κ2) is 7.42. The van der Waals surface area contributed by atoms with Crippen LogP contribution in [0.25, 0.3) is 0 Å². The van der Waals surface area contributed by atoms with Gasteiger partial charge in [-0.2, -0.15) is 5.10 Å². The molecule has 1 aliphatic carbocycles. The van der Waals surface area contributed by atoms with E-state index < -0.39 is 6.10 Å². The van der Waals surface area contributed by atoms with E-state index in [9.17, 15) is 4.79 Å². The Morgan fingerprint density at radius 1 is 1.35 bits per heavy atom. The number of hydrogen-bond acceptors (Lipinski definition) is 3. The Morgan fingerprint density at radius 2 is 2.09 bits per heavy atom. The van der Waals surface area contributed by atoms with Crippen molar-refractivity contribution in [3.8, 4) is 0 Å². The molecule has 3 rings (SSSR count). The van der Waals surface area contributed by atoms with Crippen LogP contribution < -0.4 is 5.32 Å². The fraction of sp³-hybridized carbons (Fsp3) is 0.444. The SMILES string of the molecule is CCn1cc(NC(=O)C(OC2CCCC2)c2ccccc2)cn1. The lowest BCUT2D eigenvalue weighted by Crippen LogP contribution is -2.26. The molecule has 5 nitrogen and oxygen atoms in total. The standard InChI is InChI=1S/C18H23N3O2/c1-2-21-13-15(12-19-21)20-18(22)17(14-8-4-3-5-9-14)23-16-10-6-7-11-16/h3-5,8-9,12-13,16-17H,2,6-7,10-11H2,1H3,(H,20,22). The van der Waals surface area contributed by atoms with Crippen LogP contribution in [0.5, 0.6) is 0 Å². The zero-order chi connectivity index (χ0) is 16.1. The zero-order valence-electron chi connectivity index (χ0n) is 13.4. The van der Waals surface area contributed by atoms with Gasteiger partial charge in [-0.3, -0.25) is 9.48 Å². The van der Waals surface area contributed by atoms with Gasteiger partial charge in [-0.15, -0.1) is 0 Å². The number of benzene rings is 1. The van der Waals surface area contributed by atoms with Gasteiger partial charge in [-0.1, -0.05) is 43.2 Å². The first-order chi connectivity index (χ1) is 11.3. The maximum absolute atomic E-state index is 12.7. The second-order valence-electron chi connectivity index (χ2n) is 5.91. The van der Waals surface area contributed by atoms with Crippen LogP contribution in [0.2, 0.25) is 0 Å². The van der Waals surface area contributed by atoms with E-state index in [0.717, 1.165) is 24.9 Å². The Labute approximate surface area is 136 Å². The van der Waals surface area contributed by atoms with E-state index in [1.165, 1.54) is 12.8 Å². The van der Waals surface area contributed by atoms with Gasteiger partial charge < -0.3 is 10.1 Å². The number of carbonyl (C=O) groups excluding carboxylic acids is 1. The smallest absolute Gasteiger partial charge is 0.258 e. The molecule has 0 bridgehead atoms. The van der Waals surface area contributed by atoms with Gasteiger partial charge in [0.2, 0.25) is 0 Å². The first-order valence-electron chi connectivity index (χ1n) is 8.30. The summed E-state index contributed by atoms with van der Waals surface area (Å²) in [6.07, 6.45) is 7.51. The highest BCUT2D eigenvalue weighted by molar-refractivity contribution is 5.94. The molecule has 1 aromatic heterocycles. The summed E-state index contributed by atoms with van der Waals surface area (Å²) in [6, 6.07) is 9.69. The Kier molecular flexibility index (Phi) is 5.08. The average molecular weight is 313 g/mol. The molecule has 23 heavy (non-hydrogen) atoms. The fourth-order valence-electron chi connectivity index (χ4n) is 2.95. The van der Waals surface area contributed by atoms with Crippen molar-refractivity contribution in [2.24, 2.45) is 0 Å². The minimum Gasteiger partial charge on any atom is -0.360 e. The topological polar surface area (TPSA) is 56.2 Å². The molecular formula is C18H23N3O2. The number of nitrogens with zero attached hydrogens (tertiary/aromatic N) is 2. The van der Waals surface area contributed by atoms with Crippen LogP contribution in [-0.4, -0.2) is 21.8 Å². The molecule has 0 radical (unpaired) electrons. The Hall–Kier alpha value is -2.14. The van der Waals surface area contributed by atoms with Crippen LogP contribution in [0.3, 0.4) is 0 Å². The van der Waals surface area contributed by atoms with Crippen molar-refractivity contribution in [2.75, 3.05) is 5.32 Å². The van der Waals surface area contributed by atoms with Crippen LogP contribution >= 0.6 is 0 Å². The van der Waals surface area contributed by atoms with Gasteiger partial charge in [0.25, 0.3) is 5.91 Å². The van der Waals surface area contributed by atoms with E-state index in [4.69, 9.17) is 4.74 Å². The first-order valence-corrected chi connectivity index (χ1v) is 8.30. The largest absolute Gasteiger partial charge is 0.360 e. The van der Waals surface area contributed by atoms with Crippen molar-refractivity contribution < 1.29 is 9.53 Å². The van der Waals surface area contributed by atoms with E-state index in [1.54, 1.807) is 10.9 Å². The normalized spacial score (nSPS) is 16.4.